The van der Waals surface area contributed by atoms with Gasteiger partial charge >= 0.3 is 0 Å². The van der Waals surface area contributed by atoms with Crippen molar-refractivity contribution in [2.24, 2.45) is 0 Å². The van der Waals surface area contributed by atoms with Gasteiger partial charge in [0.05, 0.1) is 12.0 Å². The first-order chi connectivity index (χ1) is 14.1. The molecule has 0 aliphatic carbocycles. The molecule has 1 aliphatic rings. The molecule has 7 heteroatoms. The highest BCUT2D eigenvalue weighted by Crippen LogP contribution is 2.24. The molecule has 1 saturated heterocycles. The quantitative estimate of drug-likeness (QED) is 0.674. The Bertz CT molecular complexity index is 979. The molecule has 1 atom stereocenters. The molecule has 0 bridgehead atoms. The monoisotopic (exact) mass is 409 g/mol. The van der Waals surface area contributed by atoms with Gasteiger partial charge in [0.15, 0.2) is 5.76 Å². The lowest BCUT2D eigenvalue weighted by Crippen LogP contribution is -2.46. The summed E-state index contributed by atoms with van der Waals surface area (Å²) < 4.78 is 5.19. The van der Waals surface area contributed by atoms with Crippen LogP contribution in [-0.2, 0) is 11.2 Å². The van der Waals surface area contributed by atoms with Crippen molar-refractivity contribution in [1.82, 2.24) is 15.2 Å². The molecule has 29 heavy (non-hydrogen) atoms. The Morgan fingerprint density at radius 3 is 2.86 bits per heavy atom. The van der Waals surface area contributed by atoms with Crippen molar-refractivity contribution >= 4 is 23.2 Å². The number of hydrogen-bond donors (Lipinski definition) is 1. The second kappa shape index (κ2) is 8.61. The summed E-state index contributed by atoms with van der Waals surface area (Å²) in [6.45, 7) is 3.13. The van der Waals surface area contributed by atoms with E-state index in [2.05, 4.69) is 41.5 Å². The Balaban J connectivity index is 1.31. The first-order valence-electron chi connectivity index (χ1n) is 9.75. The number of likely N-dealkylation sites (tertiary alicyclic amines) is 1. The van der Waals surface area contributed by atoms with E-state index in [-0.39, 0.29) is 17.6 Å². The van der Waals surface area contributed by atoms with Crippen LogP contribution in [0.2, 0.25) is 0 Å². The molecule has 0 radical (unpaired) electrons. The number of thiazole rings is 1. The number of rotatable bonds is 6. The third kappa shape index (κ3) is 4.40. The van der Waals surface area contributed by atoms with Gasteiger partial charge in [0, 0.05) is 30.5 Å². The van der Waals surface area contributed by atoms with Gasteiger partial charge in [-0.15, -0.1) is 11.3 Å². The normalized spacial score (nSPS) is 16.2. The predicted molar refractivity (Wildman–Crippen MR) is 112 cm³/mol. The lowest BCUT2D eigenvalue weighted by molar-refractivity contribution is -0.124. The van der Waals surface area contributed by atoms with Crippen molar-refractivity contribution in [1.29, 1.82) is 0 Å². The molecule has 4 rings (SSSR count). The summed E-state index contributed by atoms with van der Waals surface area (Å²) in [6.07, 6.45) is 3.62. The van der Waals surface area contributed by atoms with E-state index in [4.69, 9.17) is 4.42 Å². The Hall–Kier alpha value is -2.93. The van der Waals surface area contributed by atoms with E-state index in [1.165, 1.54) is 11.8 Å². The molecule has 2 amide bonds. The molecule has 1 unspecified atom stereocenters. The van der Waals surface area contributed by atoms with Crippen LogP contribution in [0.15, 0.2) is 52.5 Å². The van der Waals surface area contributed by atoms with E-state index >= 15 is 0 Å². The molecule has 2 aromatic heterocycles. The first-order valence-corrected chi connectivity index (χ1v) is 10.6. The summed E-state index contributed by atoms with van der Waals surface area (Å²) in [6, 6.07) is 11.2. The summed E-state index contributed by atoms with van der Waals surface area (Å²) in [5, 5.41) is 5.98. The number of benzene rings is 1. The molecule has 0 spiro atoms. The molecule has 6 nitrogen and oxygen atoms in total. The van der Waals surface area contributed by atoms with Crippen LogP contribution in [0.5, 0.6) is 0 Å². The van der Waals surface area contributed by atoms with Gasteiger partial charge in [-0.3, -0.25) is 9.59 Å². The summed E-state index contributed by atoms with van der Waals surface area (Å²) in [5.74, 6) is -0.0675. The second-order valence-electron chi connectivity index (χ2n) is 7.18. The van der Waals surface area contributed by atoms with E-state index in [0.29, 0.717) is 25.9 Å². The molecule has 3 heterocycles. The summed E-state index contributed by atoms with van der Waals surface area (Å²) in [7, 11) is 0. The Labute approximate surface area is 173 Å². The van der Waals surface area contributed by atoms with Crippen LogP contribution >= 0.6 is 11.3 Å². The number of furan rings is 1. The minimum atomic E-state index is -0.439. The smallest absolute Gasteiger partial charge is 0.290 e. The van der Waals surface area contributed by atoms with E-state index in [1.54, 1.807) is 28.4 Å². The highest BCUT2D eigenvalue weighted by atomic mass is 32.1. The Morgan fingerprint density at radius 1 is 1.28 bits per heavy atom. The van der Waals surface area contributed by atoms with Gasteiger partial charge in [0.25, 0.3) is 5.91 Å². The molecular weight excluding hydrogens is 386 g/mol. The van der Waals surface area contributed by atoms with Gasteiger partial charge in [-0.05, 0) is 31.9 Å². The van der Waals surface area contributed by atoms with Crippen LogP contribution in [0.1, 0.15) is 34.7 Å². The van der Waals surface area contributed by atoms with E-state index < -0.39 is 6.04 Å². The average molecular weight is 410 g/mol. The highest BCUT2D eigenvalue weighted by Gasteiger charge is 2.35. The third-order valence-corrected chi connectivity index (χ3v) is 6.02. The summed E-state index contributed by atoms with van der Waals surface area (Å²) >= 11 is 1.61. The highest BCUT2D eigenvalue weighted by molar-refractivity contribution is 7.13. The van der Waals surface area contributed by atoms with Crippen LogP contribution in [0.4, 0.5) is 0 Å². The third-order valence-electron chi connectivity index (χ3n) is 5.08. The van der Waals surface area contributed by atoms with Crippen LogP contribution < -0.4 is 5.32 Å². The molecule has 1 aliphatic heterocycles. The standard InChI is InChI=1S/C22H23N3O3S/c1-15-6-8-16(9-7-15)21-24-17(14-29-21)10-11-23-20(26)18-4-2-12-25(18)22(27)19-5-3-13-28-19/h3,5-9,13-14,18H,2,4,10-12H2,1H3,(H,23,26). The zero-order valence-corrected chi connectivity index (χ0v) is 17.1. The molecule has 1 fully saturated rings. The van der Waals surface area contributed by atoms with Gasteiger partial charge in [0.2, 0.25) is 5.91 Å². The molecule has 1 aromatic carbocycles. The SMILES string of the molecule is Cc1ccc(-c2nc(CCNC(=O)C3CCCN3C(=O)c3ccco3)cs2)cc1. The van der Waals surface area contributed by atoms with Crippen molar-refractivity contribution in [3.8, 4) is 10.6 Å². The molecule has 3 aromatic rings. The van der Waals surface area contributed by atoms with Crippen molar-refractivity contribution in [3.05, 3.63) is 65.1 Å². The van der Waals surface area contributed by atoms with Crippen molar-refractivity contribution < 1.29 is 14.0 Å². The maximum atomic E-state index is 12.6. The lowest BCUT2D eigenvalue weighted by atomic mass is 10.2. The fourth-order valence-electron chi connectivity index (χ4n) is 3.51. The van der Waals surface area contributed by atoms with Crippen LogP contribution in [0.25, 0.3) is 10.6 Å². The fourth-order valence-corrected chi connectivity index (χ4v) is 4.37. The minimum absolute atomic E-state index is 0.114. The molecule has 1 N–H and O–H groups in total. The lowest BCUT2D eigenvalue weighted by Gasteiger charge is -2.22. The van der Waals surface area contributed by atoms with Gasteiger partial charge in [0.1, 0.15) is 11.0 Å². The zero-order chi connectivity index (χ0) is 20.2. The van der Waals surface area contributed by atoms with Crippen molar-refractivity contribution in [3.63, 3.8) is 0 Å². The topological polar surface area (TPSA) is 75.4 Å². The van der Waals surface area contributed by atoms with Crippen LogP contribution in [0.3, 0.4) is 0 Å². The van der Waals surface area contributed by atoms with E-state index in [9.17, 15) is 9.59 Å². The average Bonchev–Trinajstić information content (AvgIpc) is 3.48. The number of carbonyl (C=O) groups is 2. The Morgan fingerprint density at radius 2 is 2.10 bits per heavy atom. The summed E-state index contributed by atoms with van der Waals surface area (Å²) in [4.78, 5) is 31.4. The number of nitrogens with one attached hydrogen (secondary N) is 1. The minimum Gasteiger partial charge on any atom is -0.459 e. The fraction of sp³-hybridized carbons (Fsp3) is 0.318. The van der Waals surface area contributed by atoms with Gasteiger partial charge in [-0.2, -0.15) is 0 Å². The number of hydrogen-bond acceptors (Lipinski definition) is 5. The van der Waals surface area contributed by atoms with Crippen molar-refractivity contribution in [2.75, 3.05) is 13.1 Å². The van der Waals surface area contributed by atoms with Gasteiger partial charge < -0.3 is 14.6 Å². The van der Waals surface area contributed by atoms with Crippen molar-refractivity contribution in [2.45, 2.75) is 32.2 Å². The maximum absolute atomic E-state index is 12.6. The molecule has 150 valence electrons. The predicted octanol–water partition coefficient (Wildman–Crippen LogP) is 3.68. The number of aromatic nitrogens is 1. The zero-order valence-electron chi connectivity index (χ0n) is 16.3. The maximum Gasteiger partial charge on any atom is 0.290 e. The number of carbonyl (C=O) groups excluding carboxylic acids is 2. The Kier molecular flexibility index (Phi) is 5.76. The largest absolute Gasteiger partial charge is 0.459 e. The number of amides is 2. The summed E-state index contributed by atoms with van der Waals surface area (Å²) in [5.41, 5.74) is 3.29. The van der Waals surface area contributed by atoms with E-state index in [0.717, 1.165) is 22.7 Å². The van der Waals surface area contributed by atoms with Gasteiger partial charge in [-0.25, -0.2) is 4.98 Å². The number of aryl methyl sites for hydroxylation is 1. The second-order valence-corrected chi connectivity index (χ2v) is 8.04. The van der Waals surface area contributed by atoms with Crippen LogP contribution in [-0.4, -0.2) is 40.8 Å². The van der Waals surface area contributed by atoms with Gasteiger partial charge in [-0.1, -0.05) is 29.8 Å². The van der Waals surface area contributed by atoms with E-state index in [1.807, 2.05) is 5.38 Å². The molecule has 0 saturated carbocycles. The van der Waals surface area contributed by atoms with Crippen LogP contribution in [0, 0.1) is 6.92 Å². The first kappa shape index (κ1) is 19.4. The number of nitrogens with zero attached hydrogens (tertiary/aromatic N) is 2. The molecular formula is C22H23N3O3S.